The van der Waals surface area contributed by atoms with Crippen LogP contribution in [0.3, 0.4) is 0 Å². The quantitative estimate of drug-likeness (QED) is 0.473. The number of hydrogen-bond acceptors (Lipinski definition) is 3. The Labute approximate surface area is 86.3 Å². The molecular weight excluding hydrogens is 202 g/mol. The van der Waals surface area contributed by atoms with Crippen molar-refractivity contribution in [2.75, 3.05) is 19.8 Å². The average molecular weight is 221 g/mol. The molecule has 14 heavy (non-hydrogen) atoms. The molecule has 6 heteroatoms. The molecule has 0 unspecified atom stereocenters. The summed E-state index contributed by atoms with van der Waals surface area (Å²) in [5.41, 5.74) is 0. The molecule has 0 aliphatic carbocycles. The zero-order valence-corrected chi connectivity index (χ0v) is 9.94. The summed E-state index contributed by atoms with van der Waals surface area (Å²) in [4.78, 5) is 10.1. The zero-order chi connectivity index (χ0) is 10.8. The van der Waals surface area contributed by atoms with E-state index in [1.807, 2.05) is 13.8 Å². The number of carbonyl (C=O) groups is 1. The normalized spacial score (nSPS) is 10.5. The minimum Gasteiger partial charge on any atom is -0.465 e. The Hall–Kier alpha value is -0.593. The fraction of sp³-hybridized carbons (Fsp3) is 0.875. The molecule has 0 fully saturated rings. The van der Waals surface area contributed by atoms with Crippen molar-refractivity contribution in [1.82, 2.24) is 5.32 Å². The van der Waals surface area contributed by atoms with Gasteiger partial charge in [0.1, 0.15) is 0 Å². The maximum atomic E-state index is 10.1. The lowest BCUT2D eigenvalue weighted by Gasteiger charge is -2.14. The summed E-state index contributed by atoms with van der Waals surface area (Å²) < 4.78 is 10.9. The van der Waals surface area contributed by atoms with E-state index in [9.17, 15) is 4.79 Å². The van der Waals surface area contributed by atoms with Crippen LogP contribution in [0.2, 0.25) is 6.04 Å². The number of rotatable bonds is 8. The summed E-state index contributed by atoms with van der Waals surface area (Å²) in [6, 6.07) is 0.849. The number of amides is 1. The third kappa shape index (κ3) is 8.03. The van der Waals surface area contributed by atoms with E-state index in [-0.39, 0.29) is 0 Å². The lowest BCUT2D eigenvalue weighted by Crippen LogP contribution is -2.26. The highest BCUT2D eigenvalue weighted by Gasteiger charge is 2.11. The minimum absolute atomic E-state index is 0.471. The van der Waals surface area contributed by atoms with Gasteiger partial charge in [-0.2, -0.15) is 0 Å². The highest BCUT2D eigenvalue weighted by Crippen LogP contribution is 2.00. The highest BCUT2D eigenvalue weighted by atomic mass is 28.3. The van der Waals surface area contributed by atoms with E-state index in [0.717, 1.165) is 12.5 Å². The predicted octanol–water partition coefficient (Wildman–Crippen LogP) is 0.938. The van der Waals surface area contributed by atoms with Crippen molar-refractivity contribution in [3.05, 3.63) is 0 Å². The van der Waals surface area contributed by atoms with Gasteiger partial charge < -0.3 is 19.3 Å². The molecule has 0 heterocycles. The van der Waals surface area contributed by atoms with Crippen LogP contribution >= 0.6 is 0 Å². The van der Waals surface area contributed by atoms with Crippen molar-refractivity contribution in [2.45, 2.75) is 26.3 Å². The SMILES string of the molecule is CCO[SiH](CCCNC(=O)O)OCC. The van der Waals surface area contributed by atoms with Crippen molar-refractivity contribution in [3.63, 3.8) is 0 Å². The van der Waals surface area contributed by atoms with Gasteiger partial charge >= 0.3 is 15.4 Å². The van der Waals surface area contributed by atoms with Gasteiger partial charge in [0.15, 0.2) is 0 Å². The molecule has 0 saturated heterocycles. The van der Waals surface area contributed by atoms with Gasteiger partial charge in [0.25, 0.3) is 0 Å². The second-order valence-electron chi connectivity index (χ2n) is 2.71. The van der Waals surface area contributed by atoms with E-state index < -0.39 is 15.4 Å². The first-order valence-electron chi connectivity index (χ1n) is 4.90. The van der Waals surface area contributed by atoms with Crippen molar-refractivity contribution in [1.29, 1.82) is 0 Å². The second-order valence-corrected chi connectivity index (χ2v) is 4.82. The monoisotopic (exact) mass is 221 g/mol. The predicted molar refractivity (Wildman–Crippen MR) is 55.9 cm³/mol. The highest BCUT2D eigenvalue weighted by molar-refractivity contribution is 6.44. The van der Waals surface area contributed by atoms with Gasteiger partial charge in [-0.05, 0) is 26.3 Å². The van der Waals surface area contributed by atoms with Crippen LogP contribution in [0, 0.1) is 0 Å². The molecule has 0 aromatic heterocycles. The van der Waals surface area contributed by atoms with Gasteiger partial charge in [0.2, 0.25) is 0 Å². The molecule has 0 rings (SSSR count). The van der Waals surface area contributed by atoms with Crippen molar-refractivity contribution < 1.29 is 18.8 Å². The first-order chi connectivity index (χ1) is 6.70. The van der Waals surface area contributed by atoms with Crippen molar-refractivity contribution in [3.8, 4) is 0 Å². The molecule has 0 bridgehead atoms. The molecule has 0 atom stereocenters. The molecule has 0 aliphatic rings. The maximum Gasteiger partial charge on any atom is 0.404 e. The first-order valence-corrected chi connectivity index (χ1v) is 6.66. The van der Waals surface area contributed by atoms with Gasteiger partial charge in [-0.3, -0.25) is 0 Å². The Morgan fingerprint density at radius 1 is 1.36 bits per heavy atom. The molecule has 0 aromatic rings. The number of hydrogen-bond donors (Lipinski definition) is 2. The molecule has 84 valence electrons. The van der Waals surface area contributed by atoms with Crippen molar-refractivity contribution in [2.24, 2.45) is 0 Å². The number of carboxylic acid groups (broad SMARTS) is 1. The smallest absolute Gasteiger partial charge is 0.404 e. The Balaban J connectivity index is 3.44. The third-order valence-corrected chi connectivity index (χ3v) is 3.89. The topological polar surface area (TPSA) is 67.8 Å². The molecule has 1 amide bonds. The summed E-state index contributed by atoms with van der Waals surface area (Å²) >= 11 is 0. The van der Waals surface area contributed by atoms with Gasteiger partial charge in [0.05, 0.1) is 0 Å². The summed E-state index contributed by atoms with van der Waals surface area (Å²) in [5, 5.41) is 10.6. The third-order valence-electron chi connectivity index (χ3n) is 1.60. The van der Waals surface area contributed by atoms with E-state index in [1.165, 1.54) is 0 Å². The lowest BCUT2D eigenvalue weighted by molar-refractivity contribution is 0.193. The van der Waals surface area contributed by atoms with Gasteiger partial charge in [0, 0.05) is 19.8 Å². The van der Waals surface area contributed by atoms with E-state index in [1.54, 1.807) is 0 Å². The molecule has 0 aliphatic heterocycles. The Bertz CT molecular complexity index is 150. The van der Waals surface area contributed by atoms with Gasteiger partial charge in [-0.25, -0.2) is 4.79 Å². The van der Waals surface area contributed by atoms with Crippen LogP contribution in [0.15, 0.2) is 0 Å². The number of nitrogens with one attached hydrogen (secondary N) is 1. The fourth-order valence-corrected chi connectivity index (χ4v) is 2.76. The Morgan fingerprint density at radius 2 is 1.93 bits per heavy atom. The minimum atomic E-state index is -1.53. The molecule has 0 saturated carbocycles. The van der Waals surface area contributed by atoms with Crippen LogP contribution in [0.1, 0.15) is 20.3 Å². The summed E-state index contributed by atoms with van der Waals surface area (Å²) in [6.45, 7) is 5.69. The molecule has 0 spiro atoms. The molecule has 2 N–H and O–H groups in total. The van der Waals surface area contributed by atoms with E-state index in [2.05, 4.69) is 5.32 Å². The first kappa shape index (κ1) is 13.4. The van der Waals surface area contributed by atoms with Gasteiger partial charge in [-0.15, -0.1) is 0 Å². The molecule has 5 nitrogen and oxygen atoms in total. The second kappa shape index (κ2) is 8.98. The van der Waals surface area contributed by atoms with E-state index >= 15 is 0 Å². The average Bonchev–Trinajstić information content (AvgIpc) is 2.12. The lowest BCUT2D eigenvalue weighted by atomic mass is 10.5. The van der Waals surface area contributed by atoms with Crippen LogP contribution in [0.25, 0.3) is 0 Å². The maximum absolute atomic E-state index is 10.1. The van der Waals surface area contributed by atoms with Crippen molar-refractivity contribution >= 4 is 15.4 Å². The Morgan fingerprint density at radius 3 is 2.36 bits per heavy atom. The summed E-state index contributed by atoms with van der Waals surface area (Å²) in [5.74, 6) is 0. The molecule has 0 radical (unpaired) electrons. The van der Waals surface area contributed by atoms with Crippen LogP contribution in [-0.4, -0.2) is 40.2 Å². The molecule has 0 aromatic carbocycles. The van der Waals surface area contributed by atoms with E-state index in [4.69, 9.17) is 14.0 Å². The molecular formula is C8H19NO4Si. The largest absolute Gasteiger partial charge is 0.465 e. The van der Waals surface area contributed by atoms with Crippen LogP contribution in [-0.2, 0) is 8.85 Å². The summed E-state index contributed by atoms with van der Waals surface area (Å²) in [6.07, 6.45) is -0.195. The zero-order valence-electron chi connectivity index (χ0n) is 8.78. The van der Waals surface area contributed by atoms with E-state index in [0.29, 0.717) is 19.8 Å². The summed E-state index contributed by atoms with van der Waals surface area (Å²) in [7, 11) is -1.53. The van der Waals surface area contributed by atoms with Crippen LogP contribution < -0.4 is 5.32 Å². The Kier molecular flexibility index (Phi) is 8.60. The fourth-order valence-electron chi connectivity index (χ4n) is 1.05. The van der Waals surface area contributed by atoms with Gasteiger partial charge in [-0.1, -0.05) is 0 Å². The van der Waals surface area contributed by atoms with Crippen LogP contribution in [0.4, 0.5) is 4.79 Å². The van der Waals surface area contributed by atoms with Crippen LogP contribution in [0.5, 0.6) is 0 Å². The standard InChI is InChI=1S/C8H19NO4Si/c1-3-12-14(13-4-2)7-5-6-9-8(10)11/h9,14H,3-7H2,1-2H3,(H,10,11).